The number of nitrogens with one attached hydrogen (secondary N) is 1. The van der Waals surface area contributed by atoms with Gasteiger partial charge < -0.3 is 14.8 Å². The first-order valence-corrected chi connectivity index (χ1v) is 7.83. The van der Waals surface area contributed by atoms with Crippen molar-refractivity contribution in [3.63, 3.8) is 0 Å². The van der Waals surface area contributed by atoms with E-state index in [-0.39, 0.29) is 5.57 Å². The van der Waals surface area contributed by atoms with Gasteiger partial charge in [-0.25, -0.2) is 9.59 Å². The van der Waals surface area contributed by atoms with E-state index in [1.54, 1.807) is 0 Å². The summed E-state index contributed by atoms with van der Waals surface area (Å²) in [7, 11) is 0. The lowest BCUT2D eigenvalue weighted by atomic mass is 9.99. The molecule has 0 atom stereocenters. The van der Waals surface area contributed by atoms with Crippen LogP contribution in [0.4, 0.5) is 5.69 Å². The van der Waals surface area contributed by atoms with Gasteiger partial charge in [0.2, 0.25) is 0 Å². The molecule has 1 aliphatic heterocycles. The van der Waals surface area contributed by atoms with Gasteiger partial charge in [-0.3, -0.25) is 0 Å². The Morgan fingerprint density at radius 2 is 1.52 bits per heavy atom. The number of ether oxygens (including phenoxy) is 2. The molecule has 0 saturated carbocycles. The van der Waals surface area contributed by atoms with Crippen molar-refractivity contribution in [3.05, 3.63) is 40.6 Å². The summed E-state index contributed by atoms with van der Waals surface area (Å²) < 4.78 is 10.2. The molecular weight excluding hydrogens is 294 g/mol. The number of aryl methyl sites for hydroxylation is 3. The SMILES string of the molecule is CCc1cc(C)cc(CC)c1NC=C1C(=O)OC(C)(C)OC1=O. The molecule has 124 valence electrons. The van der Waals surface area contributed by atoms with E-state index in [4.69, 9.17) is 9.47 Å². The summed E-state index contributed by atoms with van der Waals surface area (Å²) in [6.45, 7) is 9.24. The van der Waals surface area contributed by atoms with Gasteiger partial charge >= 0.3 is 11.9 Å². The molecule has 0 bridgehead atoms. The fourth-order valence-corrected chi connectivity index (χ4v) is 2.61. The molecular formula is C18H23NO4. The molecule has 1 aliphatic rings. The maximum Gasteiger partial charge on any atom is 0.350 e. The molecule has 0 aliphatic carbocycles. The van der Waals surface area contributed by atoms with Crippen LogP contribution < -0.4 is 5.32 Å². The number of hydrogen-bond acceptors (Lipinski definition) is 5. The fourth-order valence-electron chi connectivity index (χ4n) is 2.61. The van der Waals surface area contributed by atoms with E-state index in [2.05, 4.69) is 38.2 Å². The van der Waals surface area contributed by atoms with Gasteiger partial charge in [0, 0.05) is 25.7 Å². The summed E-state index contributed by atoms with van der Waals surface area (Å²) in [5.41, 5.74) is 4.26. The third kappa shape index (κ3) is 3.73. The highest BCUT2D eigenvalue weighted by molar-refractivity contribution is 6.15. The Bertz CT molecular complexity index is 627. The fraction of sp³-hybridized carbons (Fsp3) is 0.444. The smallest absolute Gasteiger partial charge is 0.350 e. The molecule has 23 heavy (non-hydrogen) atoms. The van der Waals surface area contributed by atoms with Gasteiger partial charge in [0.1, 0.15) is 0 Å². The minimum absolute atomic E-state index is 0.131. The molecule has 1 heterocycles. The van der Waals surface area contributed by atoms with Crippen molar-refractivity contribution in [3.8, 4) is 0 Å². The first kappa shape index (κ1) is 17.1. The Hall–Kier alpha value is -2.30. The van der Waals surface area contributed by atoms with Crippen LogP contribution in [0.2, 0.25) is 0 Å². The molecule has 1 N–H and O–H groups in total. The van der Waals surface area contributed by atoms with Crippen LogP contribution in [0.15, 0.2) is 23.9 Å². The topological polar surface area (TPSA) is 64.6 Å². The van der Waals surface area contributed by atoms with Crippen molar-refractivity contribution in [1.29, 1.82) is 0 Å². The minimum atomic E-state index is -1.22. The van der Waals surface area contributed by atoms with Crippen molar-refractivity contribution >= 4 is 17.6 Å². The summed E-state index contributed by atoms with van der Waals surface area (Å²) in [4.78, 5) is 23.9. The monoisotopic (exact) mass is 317 g/mol. The van der Waals surface area contributed by atoms with Gasteiger partial charge in [0.15, 0.2) is 5.57 Å². The lowest BCUT2D eigenvalue weighted by molar-refractivity contribution is -0.222. The average Bonchev–Trinajstić information content (AvgIpc) is 2.45. The number of benzene rings is 1. The molecule has 2 rings (SSSR count). The van der Waals surface area contributed by atoms with E-state index >= 15 is 0 Å². The van der Waals surface area contributed by atoms with Crippen molar-refractivity contribution in [2.24, 2.45) is 0 Å². The summed E-state index contributed by atoms with van der Waals surface area (Å²) in [5.74, 6) is -2.58. The third-order valence-corrected chi connectivity index (χ3v) is 3.69. The summed E-state index contributed by atoms with van der Waals surface area (Å²) in [5, 5.41) is 3.11. The number of anilines is 1. The molecule has 5 heteroatoms. The summed E-state index contributed by atoms with van der Waals surface area (Å²) in [6, 6.07) is 4.20. The Labute approximate surface area is 136 Å². The Balaban J connectivity index is 2.33. The molecule has 1 saturated heterocycles. The maximum absolute atomic E-state index is 12.0. The minimum Gasteiger partial charge on any atom is -0.419 e. The highest BCUT2D eigenvalue weighted by Crippen LogP contribution is 2.27. The third-order valence-electron chi connectivity index (χ3n) is 3.69. The van der Waals surface area contributed by atoms with E-state index in [0.717, 1.165) is 29.7 Å². The van der Waals surface area contributed by atoms with E-state index in [1.165, 1.54) is 25.6 Å². The van der Waals surface area contributed by atoms with Crippen LogP contribution in [0, 0.1) is 6.92 Å². The Kier molecular flexibility index (Phi) is 4.78. The van der Waals surface area contributed by atoms with Crippen molar-refractivity contribution in [2.45, 2.75) is 53.2 Å². The highest BCUT2D eigenvalue weighted by Gasteiger charge is 2.39. The lowest BCUT2D eigenvalue weighted by Gasteiger charge is -2.29. The molecule has 1 aromatic carbocycles. The van der Waals surface area contributed by atoms with Crippen molar-refractivity contribution in [2.75, 3.05) is 5.32 Å². The van der Waals surface area contributed by atoms with Gasteiger partial charge in [-0.15, -0.1) is 0 Å². The maximum atomic E-state index is 12.0. The van der Waals surface area contributed by atoms with Crippen LogP contribution in [0.5, 0.6) is 0 Å². The Morgan fingerprint density at radius 1 is 1.04 bits per heavy atom. The van der Waals surface area contributed by atoms with Crippen LogP contribution in [-0.2, 0) is 31.9 Å². The second kappa shape index (κ2) is 6.44. The number of carbonyl (C=O) groups is 2. The molecule has 0 spiro atoms. The van der Waals surface area contributed by atoms with E-state index in [9.17, 15) is 9.59 Å². The molecule has 0 amide bonds. The zero-order chi connectivity index (χ0) is 17.2. The number of hydrogen-bond donors (Lipinski definition) is 1. The predicted molar refractivity (Wildman–Crippen MR) is 87.9 cm³/mol. The number of carbonyl (C=O) groups excluding carboxylic acids is 2. The lowest BCUT2D eigenvalue weighted by Crippen LogP contribution is -2.42. The first-order valence-electron chi connectivity index (χ1n) is 7.83. The van der Waals surface area contributed by atoms with Crippen LogP contribution >= 0.6 is 0 Å². The Morgan fingerprint density at radius 3 is 1.96 bits per heavy atom. The number of esters is 2. The highest BCUT2D eigenvalue weighted by atomic mass is 16.7. The standard InChI is InChI=1S/C18H23NO4/c1-6-12-8-11(3)9-13(7-2)15(12)19-10-14-16(20)22-18(4,5)23-17(14)21/h8-10,19H,6-7H2,1-5H3. The van der Waals surface area contributed by atoms with Gasteiger partial charge in [-0.2, -0.15) is 0 Å². The van der Waals surface area contributed by atoms with Crippen LogP contribution in [0.25, 0.3) is 0 Å². The van der Waals surface area contributed by atoms with Crippen LogP contribution in [0.1, 0.15) is 44.4 Å². The largest absolute Gasteiger partial charge is 0.419 e. The number of rotatable bonds is 4. The quantitative estimate of drug-likeness (QED) is 0.524. The van der Waals surface area contributed by atoms with E-state index in [0.29, 0.717) is 0 Å². The van der Waals surface area contributed by atoms with E-state index < -0.39 is 17.7 Å². The normalized spacial score (nSPS) is 16.7. The second-order valence-corrected chi connectivity index (χ2v) is 6.05. The zero-order valence-corrected chi connectivity index (χ0v) is 14.3. The summed E-state index contributed by atoms with van der Waals surface area (Å²) >= 11 is 0. The van der Waals surface area contributed by atoms with Gasteiger partial charge in [0.25, 0.3) is 5.79 Å². The van der Waals surface area contributed by atoms with Crippen molar-refractivity contribution in [1.82, 2.24) is 0 Å². The first-order chi connectivity index (χ1) is 10.8. The summed E-state index contributed by atoms with van der Waals surface area (Å²) in [6.07, 6.45) is 3.08. The van der Waals surface area contributed by atoms with Gasteiger partial charge in [-0.05, 0) is 30.9 Å². The number of cyclic esters (lactones) is 2. The second-order valence-electron chi connectivity index (χ2n) is 6.05. The molecule has 0 unspecified atom stereocenters. The van der Waals surface area contributed by atoms with Gasteiger partial charge in [0.05, 0.1) is 0 Å². The molecule has 0 aromatic heterocycles. The van der Waals surface area contributed by atoms with Crippen molar-refractivity contribution < 1.29 is 19.1 Å². The molecule has 1 fully saturated rings. The van der Waals surface area contributed by atoms with Crippen LogP contribution in [0.3, 0.4) is 0 Å². The van der Waals surface area contributed by atoms with Gasteiger partial charge in [-0.1, -0.05) is 31.5 Å². The zero-order valence-electron chi connectivity index (χ0n) is 14.3. The van der Waals surface area contributed by atoms with E-state index in [1.807, 2.05) is 0 Å². The average molecular weight is 317 g/mol. The molecule has 5 nitrogen and oxygen atoms in total. The van der Waals surface area contributed by atoms with Crippen LogP contribution in [-0.4, -0.2) is 17.7 Å². The predicted octanol–water partition coefficient (Wildman–Crippen LogP) is 3.25. The molecule has 1 aromatic rings. The molecule has 0 radical (unpaired) electrons.